The van der Waals surface area contributed by atoms with E-state index in [4.69, 9.17) is 9.78 Å². The second-order valence-corrected chi connectivity index (χ2v) is 8.53. The summed E-state index contributed by atoms with van der Waals surface area (Å²) >= 11 is 0.910. The first-order chi connectivity index (χ1) is 12.8. The van der Waals surface area contributed by atoms with Gasteiger partial charge in [-0.25, -0.2) is 23.2 Å². The van der Waals surface area contributed by atoms with E-state index in [-0.39, 0.29) is 40.6 Å². The van der Waals surface area contributed by atoms with Gasteiger partial charge in [0.1, 0.15) is 19.0 Å². The number of nitrogens with zero attached hydrogens (tertiary/aromatic N) is 1. The summed E-state index contributed by atoms with van der Waals surface area (Å²) in [5.41, 5.74) is 1.91. The molecule has 0 spiro atoms. The fourth-order valence-electron chi connectivity index (χ4n) is 2.32. The number of aromatic nitrogens is 1. The summed E-state index contributed by atoms with van der Waals surface area (Å²) in [7, 11) is -3.84. The number of hydrogen-bond donors (Lipinski definition) is 1. The molecule has 2 aromatic rings. The number of thioether (sulfide) groups is 1. The second-order valence-electron chi connectivity index (χ2n) is 5.70. The third kappa shape index (κ3) is 4.92. The maximum absolute atomic E-state index is 12.6. The SMILES string of the molecule is CC(=O)SCC(=O)c1ccc(NS(=O)(=O)c2ccc3c(c2)COOC3)nc1. The van der Waals surface area contributed by atoms with E-state index in [9.17, 15) is 18.0 Å². The summed E-state index contributed by atoms with van der Waals surface area (Å²) in [5, 5.41) is -0.150. The Balaban J connectivity index is 1.72. The standard InChI is InChI=1S/C17H16N2O6S2/c1-11(20)26-10-16(21)12-3-5-17(18-7-12)19-27(22,23)15-4-2-13-8-24-25-9-14(13)6-15/h2-7H,8-10H2,1H3,(H,18,19). The van der Waals surface area contributed by atoms with Gasteiger partial charge in [-0.15, -0.1) is 0 Å². The molecule has 0 saturated heterocycles. The van der Waals surface area contributed by atoms with Crippen molar-refractivity contribution in [1.29, 1.82) is 0 Å². The summed E-state index contributed by atoms with van der Waals surface area (Å²) in [5.74, 6) is -0.152. The molecule has 10 heteroatoms. The molecule has 1 aromatic carbocycles. The van der Waals surface area contributed by atoms with Crippen molar-refractivity contribution in [1.82, 2.24) is 4.98 Å². The largest absolute Gasteiger partial charge is 0.293 e. The van der Waals surface area contributed by atoms with Crippen LogP contribution >= 0.6 is 11.8 Å². The second kappa shape index (κ2) is 8.17. The first-order valence-electron chi connectivity index (χ1n) is 7.87. The van der Waals surface area contributed by atoms with Crippen LogP contribution in [0.5, 0.6) is 0 Å². The lowest BCUT2D eigenvalue weighted by Crippen LogP contribution is -2.16. The number of pyridine rings is 1. The lowest BCUT2D eigenvalue weighted by atomic mass is 10.1. The quantitative estimate of drug-likeness (QED) is 0.572. The van der Waals surface area contributed by atoms with Gasteiger partial charge in [0, 0.05) is 18.7 Å². The first kappa shape index (κ1) is 19.5. The van der Waals surface area contributed by atoms with Crippen molar-refractivity contribution < 1.29 is 27.8 Å². The highest BCUT2D eigenvalue weighted by atomic mass is 32.2. The van der Waals surface area contributed by atoms with E-state index in [2.05, 4.69) is 9.71 Å². The Morgan fingerprint density at radius 3 is 2.56 bits per heavy atom. The molecule has 2 heterocycles. The zero-order valence-corrected chi connectivity index (χ0v) is 15.9. The number of fused-ring (bicyclic) bond motifs is 1. The zero-order valence-electron chi connectivity index (χ0n) is 14.3. The highest BCUT2D eigenvalue weighted by molar-refractivity contribution is 8.14. The molecular weight excluding hydrogens is 392 g/mol. The van der Waals surface area contributed by atoms with E-state index in [1.165, 1.54) is 37.4 Å². The van der Waals surface area contributed by atoms with Crippen LogP contribution in [-0.2, 0) is 37.8 Å². The number of sulfonamides is 1. The van der Waals surface area contributed by atoms with E-state index in [1.54, 1.807) is 6.07 Å². The lowest BCUT2D eigenvalue weighted by Gasteiger charge is -2.16. The maximum atomic E-state index is 12.6. The minimum absolute atomic E-state index is 0.0169. The van der Waals surface area contributed by atoms with Gasteiger partial charge in [-0.05, 0) is 35.4 Å². The molecule has 0 saturated carbocycles. The average Bonchev–Trinajstić information content (AvgIpc) is 2.66. The summed E-state index contributed by atoms with van der Waals surface area (Å²) in [6.07, 6.45) is 1.28. The number of carbonyl (C=O) groups excluding carboxylic acids is 2. The Bertz CT molecular complexity index is 973. The Labute approximate surface area is 160 Å². The van der Waals surface area contributed by atoms with Crippen LogP contribution in [0.25, 0.3) is 0 Å². The zero-order chi connectivity index (χ0) is 19.4. The lowest BCUT2D eigenvalue weighted by molar-refractivity contribution is -0.322. The van der Waals surface area contributed by atoms with Crippen LogP contribution in [0, 0.1) is 0 Å². The predicted molar refractivity (Wildman–Crippen MR) is 98.5 cm³/mol. The molecule has 0 aliphatic carbocycles. The van der Waals surface area contributed by atoms with Crippen LogP contribution in [0.1, 0.15) is 28.4 Å². The monoisotopic (exact) mass is 408 g/mol. The molecule has 1 N–H and O–H groups in total. The number of ketones is 1. The van der Waals surface area contributed by atoms with Crippen molar-refractivity contribution >= 4 is 38.5 Å². The van der Waals surface area contributed by atoms with Crippen LogP contribution in [0.15, 0.2) is 41.4 Å². The Morgan fingerprint density at radius 1 is 1.15 bits per heavy atom. The number of carbonyl (C=O) groups is 2. The minimum Gasteiger partial charge on any atom is -0.293 e. The molecule has 1 aromatic heterocycles. The van der Waals surface area contributed by atoms with Gasteiger partial charge in [-0.3, -0.25) is 14.3 Å². The number of benzene rings is 1. The normalized spacial score (nSPS) is 13.7. The third-order valence-corrected chi connectivity index (χ3v) is 5.90. The van der Waals surface area contributed by atoms with Gasteiger partial charge in [0.15, 0.2) is 10.9 Å². The molecule has 0 amide bonds. The van der Waals surface area contributed by atoms with Gasteiger partial charge < -0.3 is 0 Å². The molecule has 0 fully saturated rings. The minimum atomic E-state index is -3.84. The van der Waals surface area contributed by atoms with Gasteiger partial charge >= 0.3 is 0 Å². The Kier molecular flexibility index (Phi) is 5.90. The summed E-state index contributed by atoms with van der Waals surface area (Å²) in [6.45, 7) is 1.82. The van der Waals surface area contributed by atoms with E-state index >= 15 is 0 Å². The molecule has 1 aliphatic heterocycles. The van der Waals surface area contributed by atoms with Crippen molar-refractivity contribution in [3.8, 4) is 0 Å². The number of Topliss-reactive ketones (excluding diaryl/α,β-unsaturated/α-hetero) is 1. The van der Waals surface area contributed by atoms with E-state index in [0.29, 0.717) is 5.56 Å². The summed E-state index contributed by atoms with van der Waals surface area (Å²) < 4.78 is 27.5. The molecule has 8 nitrogen and oxygen atoms in total. The molecule has 0 bridgehead atoms. The van der Waals surface area contributed by atoms with Gasteiger partial charge in [0.05, 0.1) is 10.6 Å². The molecule has 0 unspecified atom stereocenters. The molecule has 0 radical (unpaired) electrons. The van der Waals surface area contributed by atoms with Gasteiger partial charge in [-0.2, -0.15) is 0 Å². The average molecular weight is 408 g/mol. The Hall–Kier alpha value is -2.27. The summed E-state index contributed by atoms with van der Waals surface area (Å²) in [6, 6.07) is 7.54. The molecule has 0 atom stereocenters. The first-order valence-corrected chi connectivity index (χ1v) is 10.3. The maximum Gasteiger partial charge on any atom is 0.263 e. The van der Waals surface area contributed by atoms with Crippen LogP contribution in [0.4, 0.5) is 5.82 Å². The topological polar surface area (TPSA) is 112 Å². The number of nitrogens with one attached hydrogen (secondary N) is 1. The van der Waals surface area contributed by atoms with Crippen molar-refractivity contribution in [2.75, 3.05) is 10.5 Å². The van der Waals surface area contributed by atoms with Crippen molar-refractivity contribution in [3.05, 3.63) is 53.2 Å². The molecule has 27 heavy (non-hydrogen) atoms. The van der Waals surface area contributed by atoms with Crippen LogP contribution < -0.4 is 4.72 Å². The van der Waals surface area contributed by atoms with Gasteiger partial charge in [0.25, 0.3) is 10.0 Å². The van der Waals surface area contributed by atoms with Crippen LogP contribution in [-0.4, -0.2) is 30.1 Å². The number of rotatable bonds is 6. The van der Waals surface area contributed by atoms with Crippen LogP contribution in [0.2, 0.25) is 0 Å². The molecule has 3 rings (SSSR count). The molecule has 142 valence electrons. The third-order valence-electron chi connectivity index (χ3n) is 3.73. The fraction of sp³-hybridized carbons (Fsp3) is 0.235. The molecule has 1 aliphatic rings. The highest BCUT2D eigenvalue weighted by Crippen LogP contribution is 2.23. The van der Waals surface area contributed by atoms with E-state index in [1.807, 2.05) is 0 Å². The number of hydrogen-bond acceptors (Lipinski definition) is 8. The molecular formula is C17H16N2O6S2. The van der Waals surface area contributed by atoms with E-state index in [0.717, 1.165) is 22.9 Å². The predicted octanol–water partition coefficient (Wildman–Crippen LogP) is 2.31. The van der Waals surface area contributed by atoms with E-state index < -0.39 is 10.0 Å². The summed E-state index contributed by atoms with van der Waals surface area (Å²) in [4.78, 5) is 36.6. The Morgan fingerprint density at radius 2 is 1.89 bits per heavy atom. The van der Waals surface area contributed by atoms with Crippen molar-refractivity contribution in [2.24, 2.45) is 0 Å². The highest BCUT2D eigenvalue weighted by Gasteiger charge is 2.19. The van der Waals surface area contributed by atoms with Crippen LogP contribution in [0.3, 0.4) is 0 Å². The van der Waals surface area contributed by atoms with Gasteiger partial charge in [0.2, 0.25) is 0 Å². The fourth-order valence-corrected chi connectivity index (χ4v) is 3.88. The smallest absolute Gasteiger partial charge is 0.263 e. The van der Waals surface area contributed by atoms with Crippen molar-refractivity contribution in [3.63, 3.8) is 0 Å². The van der Waals surface area contributed by atoms with Crippen molar-refractivity contribution in [2.45, 2.75) is 25.0 Å². The van der Waals surface area contributed by atoms with Gasteiger partial charge in [-0.1, -0.05) is 17.8 Å². The number of anilines is 1.